The van der Waals surface area contributed by atoms with Gasteiger partial charge in [-0.25, -0.2) is 0 Å². The van der Waals surface area contributed by atoms with Crippen LogP contribution in [0.15, 0.2) is 0 Å². The van der Waals surface area contributed by atoms with E-state index in [1.807, 2.05) is 0 Å². The van der Waals surface area contributed by atoms with Crippen LogP contribution < -0.4 is 5.73 Å². The summed E-state index contributed by atoms with van der Waals surface area (Å²) in [4.78, 5) is 0. The predicted octanol–water partition coefficient (Wildman–Crippen LogP) is 0.157. The SMILES string of the molecule is NC(=S)S.[Zn+2]. The fourth-order valence-corrected chi connectivity index (χ4v) is 0. The van der Waals surface area contributed by atoms with Gasteiger partial charge in [-0.05, 0) is 0 Å². The van der Waals surface area contributed by atoms with Crippen LogP contribution in [0.25, 0.3) is 0 Å². The molecule has 0 heterocycles. The molecule has 0 aromatic carbocycles. The van der Waals surface area contributed by atoms with Gasteiger partial charge in [0.15, 0.2) is 0 Å². The van der Waals surface area contributed by atoms with Gasteiger partial charge in [-0.15, -0.1) is 12.6 Å². The molecule has 0 aromatic heterocycles. The maximum atomic E-state index is 4.71. The zero-order valence-electron chi connectivity index (χ0n) is 2.64. The Balaban J connectivity index is 0. The minimum atomic E-state index is 0. The molecule has 0 saturated heterocycles. The zero-order valence-corrected chi connectivity index (χ0v) is 7.32. The number of rotatable bonds is 0. The van der Waals surface area contributed by atoms with Crippen molar-refractivity contribution in [3.05, 3.63) is 0 Å². The van der Waals surface area contributed by atoms with Crippen molar-refractivity contribution in [2.24, 2.45) is 5.73 Å². The van der Waals surface area contributed by atoms with E-state index in [2.05, 4.69) is 24.8 Å². The van der Waals surface area contributed by atoms with Gasteiger partial charge in [0.2, 0.25) is 0 Å². The molecule has 4 heteroatoms. The van der Waals surface area contributed by atoms with Crippen molar-refractivity contribution < 1.29 is 19.5 Å². The van der Waals surface area contributed by atoms with E-state index >= 15 is 0 Å². The summed E-state index contributed by atoms with van der Waals surface area (Å²) in [7, 11) is 0. The van der Waals surface area contributed by atoms with Gasteiger partial charge in [-0.1, -0.05) is 12.2 Å². The Hall–Kier alpha value is 0.863. The number of thiocarbonyl (C=S) groups is 1. The van der Waals surface area contributed by atoms with Crippen LogP contribution in [0.4, 0.5) is 0 Å². The van der Waals surface area contributed by atoms with E-state index in [1.54, 1.807) is 0 Å². The molecule has 24 valence electrons. The van der Waals surface area contributed by atoms with Crippen molar-refractivity contribution in [2.75, 3.05) is 0 Å². The number of hydrogen-bond donors (Lipinski definition) is 2. The van der Waals surface area contributed by atoms with Crippen LogP contribution >= 0.6 is 24.8 Å². The summed E-state index contributed by atoms with van der Waals surface area (Å²) < 4.78 is 0.194. The Morgan fingerprint density at radius 3 is 1.80 bits per heavy atom. The van der Waals surface area contributed by atoms with Gasteiger partial charge in [-0.3, -0.25) is 0 Å². The first-order chi connectivity index (χ1) is 1.73. The van der Waals surface area contributed by atoms with Crippen LogP contribution in [-0.2, 0) is 19.5 Å². The summed E-state index contributed by atoms with van der Waals surface area (Å²) in [5.41, 5.74) is 4.71. The Labute approximate surface area is 54.5 Å². The van der Waals surface area contributed by atoms with E-state index in [0.717, 1.165) is 0 Å². The molecule has 0 aliphatic rings. The van der Waals surface area contributed by atoms with Crippen molar-refractivity contribution in [1.29, 1.82) is 0 Å². The summed E-state index contributed by atoms with van der Waals surface area (Å²) in [5, 5.41) is 0. The molecule has 0 bridgehead atoms. The molecule has 1 nitrogen and oxygen atoms in total. The molecular formula is CH3NS2Zn+2. The third-order valence-electron chi connectivity index (χ3n) is 0. The molecule has 0 atom stereocenters. The van der Waals surface area contributed by atoms with E-state index in [0.29, 0.717) is 0 Å². The van der Waals surface area contributed by atoms with Crippen LogP contribution in [0, 0.1) is 0 Å². The smallest absolute Gasteiger partial charge is 0.385 e. The van der Waals surface area contributed by atoms with Crippen molar-refractivity contribution in [3.63, 3.8) is 0 Å². The molecule has 0 amide bonds. The second-order valence-corrected chi connectivity index (χ2v) is 1.56. The fraction of sp³-hybridized carbons (Fsp3) is 0. The predicted molar refractivity (Wildman–Crippen MR) is 25.8 cm³/mol. The Morgan fingerprint density at radius 2 is 1.80 bits per heavy atom. The topological polar surface area (TPSA) is 26.0 Å². The molecule has 0 rings (SSSR count). The first kappa shape index (κ1) is 9.29. The van der Waals surface area contributed by atoms with Crippen molar-refractivity contribution >= 4 is 29.2 Å². The monoisotopic (exact) mass is 157 g/mol. The second kappa shape index (κ2) is 4.86. The summed E-state index contributed by atoms with van der Waals surface area (Å²) >= 11 is 7.65. The largest absolute Gasteiger partial charge is 2.00 e. The first-order valence-corrected chi connectivity index (χ1v) is 1.57. The average Bonchev–Trinajstić information content (AvgIpc) is 0.811. The van der Waals surface area contributed by atoms with Gasteiger partial charge >= 0.3 is 19.5 Å². The number of thiol groups is 1. The second-order valence-electron chi connectivity index (χ2n) is 0.338. The van der Waals surface area contributed by atoms with Gasteiger partial charge in [0.25, 0.3) is 0 Å². The van der Waals surface area contributed by atoms with Crippen molar-refractivity contribution in [2.45, 2.75) is 0 Å². The average molecular weight is 159 g/mol. The van der Waals surface area contributed by atoms with E-state index in [9.17, 15) is 0 Å². The molecule has 0 radical (unpaired) electrons. The summed E-state index contributed by atoms with van der Waals surface area (Å²) in [5.74, 6) is 0. The Bertz CT molecular complexity index is 32.6. The molecule has 0 spiro atoms. The normalized spacial score (nSPS) is 5.00. The van der Waals surface area contributed by atoms with Gasteiger partial charge in [0, 0.05) is 0 Å². The Kier molecular flexibility index (Phi) is 9.04. The van der Waals surface area contributed by atoms with Gasteiger partial charge in [0.1, 0.15) is 4.32 Å². The van der Waals surface area contributed by atoms with E-state index < -0.39 is 0 Å². The summed E-state index contributed by atoms with van der Waals surface area (Å²) in [6.45, 7) is 0. The van der Waals surface area contributed by atoms with E-state index in [4.69, 9.17) is 5.73 Å². The van der Waals surface area contributed by atoms with Crippen LogP contribution in [0.2, 0.25) is 0 Å². The minimum absolute atomic E-state index is 0. The quantitative estimate of drug-likeness (QED) is 0.298. The molecule has 0 unspecified atom stereocenters. The van der Waals surface area contributed by atoms with Crippen LogP contribution in [0.3, 0.4) is 0 Å². The van der Waals surface area contributed by atoms with Gasteiger partial charge in [-0.2, -0.15) is 0 Å². The fourth-order valence-electron chi connectivity index (χ4n) is 0. The summed E-state index contributed by atoms with van der Waals surface area (Å²) in [6.07, 6.45) is 0. The zero-order chi connectivity index (χ0) is 3.58. The molecule has 0 aliphatic heterocycles. The molecule has 0 saturated carbocycles. The number of hydrogen-bond acceptors (Lipinski definition) is 1. The first-order valence-electron chi connectivity index (χ1n) is 0.716. The molecular weight excluding hydrogens is 156 g/mol. The van der Waals surface area contributed by atoms with E-state index in [-0.39, 0.29) is 23.8 Å². The van der Waals surface area contributed by atoms with Gasteiger partial charge in [0.05, 0.1) is 0 Å². The van der Waals surface area contributed by atoms with Gasteiger partial charge < -0.3 is 5.73 Å². The third kappa shape index (κ3) is 53.5. The maximum Gasteiger partial charge on any atom is 2.00 e. The van der Waals surface area contributed by atoms with Crippen LogP contribution in [-0.4, -0.2) is 4.32 Å². The van der Waals surface area contributed by atoms with Crippen molar-refractivity contribution in [3.8, 4) is 0 Å². The van der Waals surface area contributed by atoms with Crippen molar-refractivity contribution in [1.82, 2.24) is 0 Å². The third-order valence-corrected chi connectivity index (χ3v) is 0. The standard InChI is InChI=1S/CH3NS2.Zn/c2-1(3)4;/h(H3,2,3,4);/q;+2. The minimum Gasteiger partial charge on any atom is -0.385 e. The molecule has 0 fully saturated rings. The van der Waals surface area contributed by atoms with Crippen LogP contribution in [0.1, 0.15) is 0 Å². The van der Waals surface area contributed by atoms with E-state index in [1.165, 1.54) is 0 Å². The maximum absolute atomic E-state index is 4.71. The molecule has 2 N–H and O–H groups in total. The molecule has 0 aromatic rings. The number of nitrogens with two attached hydrogens (primary N) is 1. The summed E-state index contributed by atoms with van der Waals surface area (Å²) in [6, 6.07) is 0. The molecule has 0 aliphatic carbocycles. The Morgan fingerprint density at radius 1 is 1.80 bits per heavy atom. The van der Waals surface area contributed by atoms with Crippen LogP contribution in [0.5, 0.6) is 0 Å². The molecule has 5 heavy (non-hydrogen) atoms.